The van der Waals surface area contributed by atoms with Crippen LogP contribution in [0.15, 0.2) is 18.3 Å². The Balaban J connectivity index is 2.84. The molecule has 0 bridgehead atoms. The minimum atomic E-state index is -0.141. The summed E-state index contributed by atoms with van der Waals surface area (Å²) < 4.78 is 0. The number of aromatic nitrogens is 1. The molecule has 0 aromatic carbocycles. The minimum Gasteiger partial charge on any atom is -0.370 e. The molecule has 4 N–H and O–H groups in total. The van der Waals surface area contributed by atoms with Gasteiger partial charge in [0.25, 0.3) is 0 Å². The van der Waals surface area contributed by atoms with Gasteiger partial charge in [-0.2, -0.15) is 0 Å². The number of hydrogen-bond acceptors (Lipinski definition) is 3. The maximum atomic E-state index is 7.49. The Hall–Kier alpha value is -1.40. The van der Waals surface area contributed by atoms with Crippen LogP contribution in [-0.2, 0) is 6.54 Å². The van der Waals surface area contributed by atoms with E-state index in [1.54, 1.807) is 18.3 Å². The third-order valence-corrected chi connectivity index (χ3v) is 2.72. The standard InChI is InChI=1S/C10H14ClN5S/c1-2-14-10(17)16(9(12)13)6-8-7(11)4-3-5-15-8/h3-5H,2,6H2,1H3,(H3,12,13)(H,14,17). The van der Waals surface area contributed by atoms with E-state index in [9.17, 15) is 0 Å². The predicted octanol–water partition coefficient (Wildman–Crippen LogP) is 1.32. The van der Waals surface area contributed by atoms with Crippen LogP contribution in [0.3, 0.4) is 0 Å². The maximum Gasteiger partial charge on any atom is 0.195 e. The Morgan fingerprint density at radius 3 is 2.94 bits per heavy atom. The van der Waals surface area contributed by atoms with Gasteiger partial charge in [-0.3, -0.25) is 15.3 Å². The second kappa shape index (κ2) is 6.36. The molecular weight excluding hydrogens is 258 g/mol. The molecule has 7 heteroatoms. The Kier molecular flexibility index (Phi) is 5.11. The van der Waals surface area contributed by atoms with E-state index in [0.717, 1.165) is 0 Å². The Morgan fingerprint density at radius 2 is 2.41 bits per heavy atom. The van der Waals surface area contributed by atoms with E-state index < -0.39 is 0 Å². The number of nitrogens with one attached hydrogen (secondary N) is 2. The predicted molar refractivity (Wildman–Crippen MR) is 73.0 cm³/mol. The normalized spacial score (nSPS) is 9.76. The number of thiocarbonyl (C=S) groups is 1. The molecule has 1 rings (SSSR count). The fraction of sp³-hybridized carbons (Fsp3) is 0.300. The molecule has 0 aliphatic carbocycles. The second-order valence-electron chi connectivity index (χ2n) is 3.24. The Morgan fingerprint density at radius 1 is 1.71 bits per heavy atom. The van der Waals surface area contributed by atoms with Crippen molar-refractivity contribution in [3.8, 4) is 0 Å². The Bertz CT molecular complexity index is 423. The molecule has 0 aliphatic rings. The summed E-state index contributed by atoms with van der Waals surface area (Å²) in [5.74, 6) is -0.141. The lowest BCUT2D eigenvalue weighted by atomic mass is 10.3. The van der Waals surface area contributed by atoms with Gasteiger partial charge >= 0.3 is 0 Å². The van der Waals surface area contributed by atoms with Gasteiger partial charge in [0.05, 0.1) is 17.3 Å². The van der Waals surface area contributed by atoms with Gasteiger partial charge in [0.2, 0.25) is 0 Å². The smallest absolute Gasteiger partial charge is 0.195 e. The molecule has 0 aliphatic heterocycles. The number of pyridine rings is 1. The van der Waals surface area contributed by atoms with Crippen LogP contribution in [0.2, 0.25) is 5.02 Å². The largest absolute Gasteiger partial charge is 0.370 e. The van der Waals surface area contributed by atoms with Crippen molar-refractivity contribution in [1.29, 1.82) is 5.41 Å². The number of halogens is 1. The summed E-state index contributed by atoms with van der Waals surface area (Å²) in [6.45, 7) is 2.86. The van der Waals surface area contributed by atoms with Gasteiger partial charge in [0.15, 0.2) is 11.1 Å². The van der Waals surface area contributed by atoms with Crippen molar-refractivity contribution in [2.45, 2.75) is 13.5 Å². The van der Waals surface area contributed by atoms with Crippen LogP contribution in [0, 0.1) is 5.41 Å². The van der Waals surface area contributed by atoms with Crippen molar-refractivity contribution in [2.24, 2.45) is 5.73 Å². The molecule has 92 valence electrons. The van der Waals surface area contributed by atoms with E-state index in [-0.39, 0.29) is 12.5 Å². The molecule has 0 saturated carbocycles. The molecule has 0 radical (unpaired) electrons. The highest BCUT2D eigenvalue weighted by atomic mass is 35.5. The van der Waals surface area contributed by atoms with Crippen LogP contribution in [-0.4, -0.2) is 27.5 Å². The summed E-state index contributed by atoms with van der Waals surface area (Å²) >= 11 is 11.1. The van der Waals surface area contributed by atoms with Crippen molar-refractivity contribution in [2.75, 3.05) is 6.54 Å². The topological polar surface area (TPSA) is 78.0 Å². The van der Waals surface area contributed by atoms with Crippen LogP contribution < -0.4 is 11.1 Å². The number of rotatable bonds is 3. The number of guanidine groups is 1. The van der Waals surface area contributed by atoms with E-state index in [1.165, 1.54) is 4.90 Å². The Labute approximate surface area is 110 Å². The van der Waals surface area contributed by atoms with E-state index in [1.807, 2.05) is 6.92 Å². The third-order valence-electron chi connectivity index (χ3n) is 2.01. The first-order valence-corrected chi connectivity index (χ1v) is 5.83. The van der Waals surface area contributed by atoms with E-state index in [4.69, 9.17) is 35.0 Å². The van der Waals surface area contributed by atoms with Crippen LogP contribution in [0.4, 0.5) is 0 Å². The van der Waals surface area contributed by atoms with Crippen molar-refractivity contribution >= 4 is 34.9 Å². The zero-order valence-corrected chi connectivity index (χ0v) is 11.0. The molecule has 17 heavy (non-hydrogen) atoms. The van der Waals surface area contributed by atoms with Crippen LogP contribution in [0.5, 0.6) is 0 Å². The minimum absolute atomic E-state index is 0.141. The lowest BCUT2D eigenvalue weighted by molar-refractivity contribution is 0.568. The van der Waals surface area contributed by atoms with Crippen molar-refractivity contribution in [3.05, 3.63) is 29.0 Å². The van der Waals surface area contributed by atoms with E-state index >= 15 is 0 Å². The van der Waals surface area contributed by atoms with Crippen LogP contribution >= 0.6 is 23.8 Å². The van der Waals surface area contributed by atoms with Gasteiger partial charge < -0.3 is 11.1 Å². The number of nitrogens with zero attached hydrogens (tertiary/aromatic N) is 2. The van der Waals surface area contributed by atoms with Gasteiger partial charge in [-0.25, -0.2) is 0 Å². The number of hydrogen-bond donors (Lipinski definition) is 3. The summed E-state index contributed by atoms with van der Waals surface area (Å²) in [6.07, 6.45) is 1.63. The molecular formula is C10H14ClN5S. The monoisotopic (exact) mass is 271 g/mol. The summed E-state index contributed by atoms with van der Waals surface area (Å²) in [5, 5.41) is 11.3. The van der Waals surface area contributed by atoms with E-state index in [2.05, 4.69) is 10.3 Å². The zero-order valence-electron chi connectivity index (χ0n) is 9.40. The van der Waals surface area contributed by atoms with Gasteiger partial charge in [-0.1, -0.05) is 11.6 Å². The van der Waals surface area contributed by atoms with E-state index in [0.29, 0.717) is 22.4 Å². The summed E-state index contributed by atoms with van der Waals surface area (Å²) in [7, 11) is 0. The highest BCUT2D eigenvalue weighted by molar-refractivity contribution is 7.80. The van der Waals surface area contributed by atoms with Crippen LogP contribution in [0.1, 0.15) is 12.6 Å². The lowest BCUT2D eigenvalue weighted by Gasteiger charge is -2.23. The number of nitrogens with two attached hydrogens (primary N) is 1. The van der Waals surface area contributed by atoms with Gasteiger partial charge in [-0.15, -0.1) is 0 Å². The van der Waals surface area contributed by atoms with Gasteiger partial charge in [0, 0.05) is 12.7 Å². The van der Waals surface area contributed by atoms with Crippen molar-refractivity contribution < 1.29 is 0 Å². The lowest BCUT2D eigenvalue weighted by Crippen LogP contribution is -2.46. The first-order chi connectivity index (χ1) is 8.06. The summed E-state index contributed by atoms with van der Waals surface area (Å²) in [5.41, 5.74) is 6.11. The first-order valence-electron chi connectivity index (χ1n) is 5.05. The highest BCUT2D eigenvalue weighted by Crippen LogP contribution is 2.14. The molecule has 1 aromatic rings. The maximum absolute atomic E-state index is 7.49. The van der Waals surface area contributed by atoms with Crippen molar-refractivity contribution in [1.82, 2.24) is 15.2 Å². The van der Waals surface area contributed by atoms with Gasteiger partial charge in [-0.05, 0) is 31.3 Å². The zero-order chi connectivity index (χ0) is 12.8. The molecule has 1 heterocycles. The highest BCUT2D eigenvalue weighted by Gasteiger charge is 2.14. The fourth-order valence-corrected chi connectivity index (χ4v) is 1.69. The fourth-order valence-electron chi connectivity index (χ4n) is 1.20. The molecule has 0 fully saturated rings. The summed E-state index contributed by atoms with van der Waals surface area (Å²) in [6, 6.07) is 3.48. The molecule has 0 unspecified atom stereocenters. The summed E-state index contributed by atoms with van der Waals surface area (Å²) in [4.78, 5) is 5.57. The van der Waals surface area contributed by atoms with Crippen molar-refractivity contribution in [3.63, 3.8) is 0 Å². The van der Waals surface area contributed by atoms with Gasteiger partial charge in [0.1, 0.15) is 0 Å². The molecule has 0 saturated heterocycles. The molecule has 0 atom stereocenters. The first kappa shape index (κ1) is 13.7. The second-order valence-corrected chi connectivity index (χ2v) is 4.03. The average molecular weight is 272 g/mol. The molecule has 1 aromatic heterocycles. The SMILES string of the molecule is CCNC(=S)N(Cc1ncccc1Cl)C(=N)N. The molecule has 5 nitrogen and oxygen atoms in total. The third kappa shape index (κ3) is 3.83. The quantitative estimate of drug-likeness (QED) is 0.439. The molecule has 0 amide bonds. The van der Waals surface area contributed by atoms with Crippen LogP contribution in [0.25, 0.3) is 0 Å². The average Bonchev–Trinajstić information content (AvgIpc) is 2.27. The molecule has 0 spiro atoms.